The largest absolute Gasteiger partial charge is 0.394 e. The van der Waals surface area contributed by atoms with Crippen molar-refractivity contribution in [2.24, 2.45) is 5.29 Å². The van der Waals surface area contributed by atoms with Crippen LogP contribution in [0, 0.1) is 4.91 Å². The van der Waals surface area contributed by atoms with Crippen molar-refractivity contribution in [3.05, 3.63) is 4.91 Å². The van der Waals surface area contributed by atoms with Crippen LogP contribution in [0.4, 0.5) is 4.79 Å². The highest BCUT2D eigenvalue weighted by molar-refractivity contribution is 5.74. The van der Waals surface area contributed by atoms with Gasteiger partial charge in [-0.05, 0) is 13.3 Å². The van der Waals surface area contributed by atoms with Gasteiger partial charge in [-0.15, -0.1) is 4.91 Å². The molecule has 0 aromatic heterocycles. The van der Waals surface area contributed by atoms with Gasteiger partial charge < -0.3 is 35.6 Å². The van der Waals surface area contributed by atoms with E-state index in [2.05, 4.69) is 5.29 Å². The number of nitrogens with one attached hydrogen (secondary N) is 1. The Morgan fingerprint density at radius 3 is 2.45 bits per heavy atom. The van der Waals surface area contributed by atoms with Crippen LogP contribution in [0.15, 0.2) is 5.29 Å². The van der Waals surface area contributed by atoms with E-state index >= 15 is 0 Å². The van der Waals surface area contributed by atoms with E-state index in [1.54, 1.807) is 6.92 Å². The fourth-order valence-corrected chi connectivity index (χ4v) is 2.13. The number of aliphatic hydroxyl groups is 5. The predicted octanol–water partition coefficient (Wildman–Crippen LogP) is -2.40. The van der Waals surface area contributed by atoms with E-state index in [1.807, 2.05) is 5.32 Å². The summed E-state index contributed by atoms with van der Waals surface area (Å²) in [5.74, 6) is -2.55. The second-order valence-corrected chi connectivity index (χ2v) is 5.16. The van der Waals surface area contributed by atoms with E-state index < -0.39 is 42.5 Å². The van der Waals surface area contributed by atoms with Crippen molar-refractivity contribution in [1.29, 1.82) is 0 Å². The van der Waals surface area contributed by atoms with Crippen LogP contribution >= 0.6 is 0 Å². The quantitative estimate of drug-likeness (QED) is 0.184. The Balaban J connectivity index is 3.03. The van der Waals surface area contributed by atoms with Gasteiger partial charge in [-0.25, -0.2) is 4.79 Å². The molecule has 11 heteroatoms. The number of aliphatic hydroxyl groups excluding tert-OH is 3. The summed E-state index contributed by atoms with van der Waals surface area (Å²) in [7, 11) is 0. The van der Waals surface area contributed by atoms with Crippen molar-refractivity contribution in [2.75, 3.05) is 13.2 Å². The van der Waals surface area contributed by atoms with Crippen LogP contribution in [0.2, 0.25) is 0 Å². The Kier molecular flexibility index (Phi) is 5.78. The molecule has 5 atom stereocenters. The van der Waals surface area contributed by atoms with Gasteiger partial charge in [0.1, 0.15) is 18.3 Å². The third kappa shape index (κ3) is 3.19. The summed E-state index contributed by atoms with van der Waals surface area (Å²) in [5.41, 5.74) is -2.83. The zero-order chi connectivity index (χ0) is 17.1. The molecule has 6 N–H and O–H groups in total. The molecule has 0 bridgehead atoms. The Bertz CT molecular complexity index is 420. The van der Waals surface area contributed by atoms with Crippen molar-refractivity contribution >= 4 is 6.03 Å². The van der Waals surface area contributed by atoms with Gasteiger partial charge >= 0.3 is 6.03 Å². The third-order valence-electron chi connectivity index (χ3n) is 3.47. The Labute approximate surface area is 126 Å². The van der Waals surface area contributed by atoms with Gasteiger partial charge in [-0.3, -0.25) is 0 Å². The van der Waals surface area contributed by atoms with Gasteiger partial charge in [0.25, 0.3) is 0 Å². The first-order valence-electron chi connectivity index (χ1n) is 6.67. The monoisotopic (exact) mass is 323 g/mol. The number of nitroso groups, excluding NO2 is 1. The summed E-state index contributed by atoms with van der Waals surface area (Å²) in [6.07, 6.45) is -4.87. The standard InChI is InChI=1S/C11H21N3O8/c1-3-4-14(13-21)9(18)12-11(20)8(17)7(16)6(5-15)22-10(11,2)19/h6-8,15-17,19-20H,3-5H2,1-2H3,(H,12,18)/t6-,7-,8+,10+,11-/m1/s1. The molecule has 128 valence electrons. The summed E-state index contributed by atoms with van der Waals surface area (Å²) in [5, 5.41) is 54.0. The second-order valence-electron chi connectivity index (χ2n) is 5.16. The lowest BCUT2D eigenvalue weighted by molar-refractivity contribution is -0.387. The van der Waals surface area contributed by atoms with Crippen molar-refractivity contribution in [3.8, 4) is 0 Å². The minimum Gasteiger partial charge on any atom is -0.394 e. The lowest BCUT2D eigenvalue weighted by Gasteiger charge is -2.51. The van der Waals surface area contributed by atoms with Crippen LogP contribution in [-0.2, 0) is 4.74 Å². The lowest BCUT2D eigenvalue weighted by Crippen LogP contribution is -2.78. The number of carbonyl (C=O) groups is 1. The first-order valence-corrected chi connectivity index (χ1v) is 6.67. The molecular weight excluding hydrogens is 302 g/mol. The number of nitrogens with zero attached hydrogens (tertiary/aromatic N) is 2. The van der Waals surface area contributed by atoms with Crippen LogP contribution in [0.25, 0.3) is 0 Å². The minimum absolute atomic E-state index is 0.0632. The molecule has 0 saturated carbocycles. The maximum absolute atomic E-state index is 11.9. The normalized spacial score (nSPS) is 38.4. The van der Waals surface area contributed by atoms with Crippen LogP contribution in [0.5, 0.6) is 0 Å². The molecule has 0 radical (unpaired) electrons. The predicted molar refractivity (Wildman–Crippen MR) is 70.9 cm³/mol. The molecule has 0 aromatic rings. The summed E-state index contributed by atoms with van der Waals surface area (Å²) in [6, 6.07) is -1.20. The van der Waals surface area contributed by atoms with Crippen molar-refractivity contribution < 1.29 is 35.1 Å². The molecule has 1 fully saturated rings. The Morgan fingerprint density at radius 1 is 1.41 bits per heavy atom. The van der Waals surface area contributed by atoms with Crippen LogP contribution in [-0.4, -0.2) is 79.5 Å². The van der Waals surface area contributed by atoms with Crippen LogP contribution < -0.4 is 5.32 Å². The molecule has 1 aliphatic heterocycles. The van der Waals surface area contributed by atoms with Gasteiger partial charge in [-0.2, -0.15) is 5.01 Å². The van der Waals surface area contributed by atoms with E-state index in [1.165, 1.54) is 0 Å². The van der Waals surface area contributed by atoms with E-state index in [-0.39, 0.29) is 6.54 Å². The van der Waals surface area contributed by atoms with Gasteiger partial charge in [0.05, 0.1) is 11.9 Å². The highest BCUT2D eigenvalue weighted by Crippen LogP contribution is 2.34. The molecule has 1 heterocycles. The number of urea groups is 1. The molecule has 0 spiro atoms. The topological polar surface area (TPSA) is 172 Å². The van der Waals surface area contributed by atoms with Crippen molar-refractivity contribution in [2.45, 2.75) is 50.1 Å². The molecule has 0 aromatic carbocycles. The zero-order valence-corrected chi connectivity index (χ0v) is 12.2. The number of rotatable bonds is 5. The number of hydrogen-bond acceptors (Lipinski definition) is 9. The molecule has 11 nitrogen and oxygen atoms in total. The fourth-order valence-electron chi connectivity index (χ4n) is 2.13. The maximum Gasteiger partial charge on any atom is 0.342 e. The first kappa shape index (κ1) is 18.7. The Morgan fingerprint density at radius 2 is 2.00 bits per heavy atom. The zero-order valence-electron chi connectivity index (χ0n) is 12.2. The molecule has 1 rings (SSSR count). The van der Waals surface area contributed by atoms with Crippen molar-refractivity contribution in [3.63, 3.8) is 0 Å². The average molecular weight is 323 g/mol. The Hall–Kier alpha value is -1.37. The highest BCUT2D eigenvalue weighted by Gasteiger charge is 2.62. The second kappa shape index (κ2) is 6.81. The average Bonchev–Trinajstić information content (AvgIpc) is 2.46. The van der Waals surface area contributed by atoms with Crippen molar-refractivity contribution in [1.82, 2.24) is 10.3 Å². The number of hydrogen-bond donors (Lipinski definition) is 6. The highest BCUT2D eigenvalue weighted by atomic mass is 16.7. The van der Waals surface area contributed by atoms with Crippen LogP contribution in [0.3, 0.4) is 0 Å². The fraction of sp³-hybridized carbons (Fsp3) is 0.909. The molecule has 22 heavy (non-hydrogen) atoms. The van der Waals surface area contributed by atoms with E-state index in [0.717, 1.165) is 6.92 Å². The van der Waals surface area contributed by atoms with Gasteiger partial charge in [0, 0.05) is 6.54 Å². The summed E-state index contributed by atoms with van der Waals surface area (Å²) < 4.78 is 4.90. The maximum atomic E-state index is 11.9. The van der Waals surface area contributed by atoms with E-state index in [9.17, 15) is 30.1 Å². The number of amides is 2. The number of ether oxygens (including phenoxy) is 1. The molecule has 1 aliphatic rings. The minimum atomic E-state index is -2.83. The summed E-state index contributed by atoms with van der Waals surface area (Å²) in [4.78, 5) is 22.5. The van der Waals surface area contributed by atoms with Gasteiger partial charge in [0.15, 0.2) is 0 Å². The lowest BCUT2D eigenvalue weighted by atomic mass is 9.87. The molecule has 0 aliphatic carbocycles. The molecule has 2 amide bonds. The number of carbonyl (C=O) groups excluding carboxylic acids is 1. The van der Waals surface area contributed by atoms with Gasteiger partial charge in [0.2, 0.25) is 11.5 Å². The summed E-state index contributed by atoms with van der Waals surface area (Å²) >= 11 is 0. The summed E-state index contributed by atoms with van der Waals surface area (Å²) in [6.45, 7) is 1.79. The molecule has 0 unspecified atom stereocenters. The molecular formula is C11H21N3O8. The first-order chi connectivity index (χ1) is 10.1. The smallest absolute Gasteiger partial charge is 0.342 e. The molecule has 1 saturated heterocycles. The third-order valence-corrected chi connectivity index (χ3v) is 3.47. The van der Waals surface area contributed by atoms with E-state index in [0.29, 0.717) is 11.4 Å². The SMILES string of the molecule is CCCN(N=O)C(=O)N[C@@]1(O)[C@@H](O)[C@H](O)[C@@H](CO)O[C@]1(C)O. The van der Waals surface area contributed by atoms with Crippen LogP contribution in [0.1, 0.15) is 20.3 Å². The van der Waals surface area contributed by atoms with Gasteiger partial charge in [-0.1, -0.05) is 6.92 Å². The van der Waals surface area contributed by atoms with E-state index in [4.69, 9.17) is 9.84 Å².